The zero-order chi connectivity index (χ0) is 36.0. The molecule has 6 atom stereocenters. The second kappa shape index (κ2) is 13.1. The van der Waals surface area contributed by atoms with E-state index in [1.54, 1.807) is 37.3 Å². The molecule has 50 heavy (non-hydrogen) atoms. The van der Waals surface area contributed by atoms with E-state index in [1.807, 2.05) is 24.3 Å². The molecular formula is C40H45N3O7. The van der Waals surface area contributed by atoms with Crippen LogP contribution in [0.25, 0.3) is 11.0 Å². The van der Waals surface area contributed by atoms with Crippen LogP contribution in [0.4, 0.5) is 10.7 Å². The minimum Gasteiger partial charge on any atom is -0.453 e. The van der Waals surface area contributed by atoms with E-state index in [0.29, 0.717) is 52.8 Å². The van der Waals surface area contributed by atoms with E-state index in [2.05, 4.69) is 46.9 Å². The van der Waals surface area contributed by atoms with E-state index >= 15 is 0 Å². The molecule has 1 aromatic heterocycles. The molecule has 2 saturated carbocycles. The predicted octanol–water partition coefficient (Wildman–Crippen LogP) is 7.55. The van der Waals surface area contributed by atoms with Crippen LogP contribution < -0.4 is 5.32 Å². The lowest BCUT2D eigenvalue weighted by Gasteiger charge is -2.58. The van der Waals surface area contributed by atoms with Crippen molar-refractivity contribution >= 4 is 46.4 Å². The molecule has 262 valence electrons. The Labute approximate surface area is 292 Å². The van der Waals surface area contributed by atoms with Crippen LogP contribution in [0, 0.1) is 28.6 Å². The average Bonchev–Trinajstić information content (AvgIpc) is 3.63. The van der Waals surface area contributed by atoms with Crippen molar-refractivity contribution in [2.75, 3.05) is 12.4 Å². The van der Waals surface area contributed by atoms with Crippen LogP contribution in [-0.2, 0) is 23.9 Å². The molecule has 4 aliphatic carbocycles. The largest absolute Gasteiger partial charge is 0.453 e. The van der Waals surface area contributed by atoms with Crippen molar-refractivity contribution in [2.45, 2.75) is 78.7 Å². The van der Waals surface area contributed by atoms with E-state index in [-0.39, 0.29) is 40.1 Å². The highest BCUT2D eigenvalue weighted by Gasteiger charge is 2.67. The Morgan fingerprint density at radius 3 is 2.34 bits per heavy atom. The number of Topliss-reactive ketones (excluding diaryl/α,β-unsaturated/α-hetero) is 1. The van der Waals surface area contributed by atoms with Gasteiger partial charge in [-0.3, -0.25) is 24.5 Å². The second-order valence-corrected chi connectivity index (χ2v) is 14.7. The van der Waals surface area contributed by atoms with Crippen molar-refractivity contribution in [3.8, 4) is 0 Å². The summed E-state index contributed by atoms with van der Waals surface area (Å²) < 4.78 is 10.3. The number of carbonyl (C=O) groups excluding carboxylic acids is 5. The standard InChI is InChI=1S/C24H32O4.C16H13N3O3/c1-14-12-18-19(22(4)9-6-17(27)13-21(14)22)7-10-23(5)20(18)8-11-24(23,15(2)25)28-16(3)26;1-22-16(21)19-15-17-12-8-7-11(9-13(12)18-15)14(20)10-5-3-2-4-6-10/h12-13,18-20H,6-11H2,1-5H3;2-9H,1H3,(H2,17,18,19,21). The Hall–Kier alpha value is -4.86. The number of fused-ring (bicyclic) bond motifs is 6. The Bertz CT molecular complexity index is 1940. The number of nitrogens with one attached hydrogen (secondary N) is 2. The number of ether oxygens (including phenoxy) is 2. The molecule has 6 unspecified atom stereocenters. The summed E-state index contributed by atoms with van der Waals surface area (Å²) in [5.41, 5.74) is 3.63. The normalized spacial score (nSPS) is 29.6. The van der Waals surface area contributed by atoms with Gasteiger partial charge in [0.1, 0.15) is 0 Å². The van der Waals surface area contributed by atoms with Gasteiger partial charge in [-0.15, -0.1) is 0 Å². The Morgan fingerprint density at radius 1 is 0.940 bits per heavy atom. The number of aromatic amines is 1. The minimum absolute atomic E-state index is 0.0160. The maximum atomic E-state index is 12.8. The number of ketones is 3. The molecule has 2 N–H and O–H groups in total. The van der Waals surface area contributed by atoms with Gasteiger partial charge in [0.25, 0.3) is 0 Å². The molecule has 7 rings (SSSR count). The van der Waals surface area contributed by atoms with Crippen LogP contribution in [-0.4, -0.2) is 52.1 Å². The number of rotatable bonds is 5. The molecule has 2 fully saturated rings. The highest BCUT2D eigenvalue weighted by molar-refractivity contribution is 6.10. The van der Waals surface area contributed by atoms with Crippen LogP contribution >= 0.6 is 0 Å². The van der Waals surface area contributed by atoms with E-state index in [0.717, 1.165) is 25.7 Å². The SMILES string of the molecule is CC(=O)OC1(C(C)=O)CCC2C3C=C(C)C4=CC(=O)CCC4(C)C3CCC21C.COC(=O)Nc1nc2ccc(C(=O)c3ccccc3)cc2[nH]1. The number of hydrogen-bond acceptors (Lipinski definition) is 8. The summed E-state index contributed by atoms with van der Waals surface area (Å²) in [6.07, 6.45) is 8.59. The summed E-state index contributed by atoms with van der Waals surface area (Å²) in [5.74, 6) is 1.23. The Morgan fingerprint density at radius 2 is 1.66 bits per heavy atom. The molecule has 10 heteroatoms. The van der Waals surface area contributed by atoms with Gasteiger partial charge >= 0.3 is 12.1 Å². The molecule has 0 spiro atoms. The highest BCUT2D eigenvalue weighted by Crippen LogP contribution is 2.67. The molecule has 0 saturated heterocycles. The van der Waals surface area contributed by atoms with Crippen molar-refractivity contribution in [1.82, 2.24) is 9.97 Å². The van der Waals surface area contributed by atoms with Crippen LogP contribution in [0.5, 0.6) is 0 Å². The molecule has 1 heterocycles. The van der Waals surface area contributed by atoms with Gasteiger partial charge < -0.3 is 14.5 Å². The number of imidazole rings is 1. The van der Waals surface area contributed by atoms with Crippen LogP contribution in [0.15, 0.2) is 71.8 Å². The number of benzene rings is 2. The molecule has 0 aliphatic heterocycles. The average molecular weight is 680 g/mol. The van der Waals surface area contributed by atoms with Crippen LogP contribution in [0.2, 0.25) is 0 Å². The van der Waals surface area contributed by atoms with E-state index in [1.165, 1.54) is 25.2 Å². The van der Waals surface area contributed by atoms with Crippen molar-refractivity contribution in [3.05, 3.63) is 83.0 Å². The number of allylic oxidation sites excluding steroid dienone is 4. The highest BCUT2D eigenvalue weighted by atomic mass is 16.6. The van der Waals surface area contributed by atoms with Crippen molar-refractivity contribution < 1.29 is 33.4 Å². The van der Waals surface area contributed by atoms with Gasteiger partial charge in [-0.25, -0.2) is 9.78 Å². The number of anilines is 1. The van der Waals surface area contributed by atoms with Crippen molar-refractivity contribution in [2.24, 2.45) is 28.6 Å². The minimum atomic E-state index is -0.990. The molecule has 10 nitrogen and oxygen atoms in total. The number of nitrogens with zero attached hydrogens (tertiary/aromatic N) is 1. The topological polar surface area (TPSA) is 145 Å². The first-order valence-electron chi connectivity index (χ1n) is 17.3. The summed E-state index contributed by atoms with van der Waals surface area (Å²) in [6.45, 7) is 9.63. The lowest BCUT2D eigenvalue weighted by molar-refractivity contribution is -0.185. The predicted molar refractivity (Wildman–Crippen MR) is 188 cm³/mol. The lowest BCUT2D eigenvalue weighted by atomic mass is 9.47. The second-order valence-electron chi connectivity index (χ2n) is 14.7. The van der Waals surface area contributed by atoms with Gasteiger partial charge in [0, 0.05) is 29.9 Å². The summed E-state index contributed by atoms with van der Waals surface area (Å²) in [5, 5.41) is 2.45. The Kier molecular flexibility index (Phi) is 9.18. The first-order chi connectivity index (χ1) is 23.7. The third-order valence-corrected chi connectivity index (χ3v) is 12.0. The molecule has 1 amide bonds. The number of amides is 1. The van der Waals surface area contributed by atoms with Gasteiger partial charge in [-0.1, -0.05) is 55.8 Å². The van der Waals surface area contributed by atoms with Gasteiger partial charge in [-0.2, -0.15) is 0 Å². The van der Waals surface area contributed by atoms with E-state index in [4.69, 9.17) is 4.74 Å². The number of methoxy groups -OCH3 is 1. The summed E-state index contributed by atoms with van der Waals surface area (Å²) in [4.78, 5) is 67.4. The van der Waals surface area contributed by atoms with E-state index in [9.17, 15) is 24.0 Å². The Balaban J connectivity index is 0.000000178. The third-order valence-electron chi connectivity index (χ3n) is 12.0. The van der Waals surface area contributed by atoms with Crippen LogP contribution in [0.3, 0.4) is 0 Å². The van der Waals surface area contributed by atoms with E-state index < -0.39 is 11.7 Å². The summed E-state index contributed by atoms with van der Waals surface area (Å²) in [6, 6.07) is 14.2. The number of esters is 1. The van der Waals surface area contributed by atoms with Crippen molar-refractivity contribution in [1.29, 1.82) is 0 Å². The fourth-order valence-corrected chi connectivity index (χ4v) is 9.59. The molecule has 3 aromatic rings. The fraction of sp³-hybridized carbons (Fsp3) is 0.450. The molecule has 0 radical (unpaired) electrons. The zero-order valence-electron chi connectivity index (χ0n) is 29.6. The molecule has 2 aromatic carbocycles. The first kappa shape index (κ1) is 35.0. The monoisotopic (exact) mass is 679 g/mol. The summed E-state index contributed by atoms with van der Waals surface area (Å²) in [7, 11) is 1.27. The first-order valence-corrected chi connectivity index (χ1v) is 17.3. The number of hydrogen-bond donors (Lipinski definition) is 2. The molecule has 4 aliphatic rings. The van der Waals surface area contributed by atoms with Gasteiger partial charge in [0.2, 0.25) is 5.95 Å². The third kappa shape index (κ3) is 5.88. The number of aromatic nitrogens is 2. The van der Waals surface area contributed by atoms with Gasteiger partial charge in [0.05, 0.1) is 18.1 Å². The lowest BCUT2D eigenvalue weighted by Crippen LogP contribution is -2.58. The quantitative estimate of drug-likeness (QED) is 0.208. The zero-order valence-corrected chi connectivity index (χ0v) is 29.6. The molecular weight excluding hydrogens is 634 g/mol. The smallest absolute Gasteiger partial charge is 0.413 e. The van der Waals surface area contributed by atoms with Crippen LogP contribution in [0.1, 0.15) is 89.1 Å². The van der Waals surface area contributed by atoms with Gasteiger partial charge in [0.15, 0.2) is 23.0 Å². The molecule has 0 bridgehead atoms. The summed E-state index contributed by atoms with van der Waals surface area (Å²) >= 11 is 0. The number of carbonyl (C=O) groups is 5. The fourth-order valence-electron chi connectivity index (χ4n) is 9.59. The number of H-pyrrole nitrogens is 1. The van der Waals surface area contributed by atoms with Crippen molar-refractivity contribution in [3.63, 3.8) is 0 Å². The maximum absolute atomic E-state index is 12.8. The van der Waals surface area contributed by atoms with Gasteiger partial charge in [-0.05, 0) is 99.0 Å². The maximum Gasteiger partial charge on any atom is 0.413 e.